The van der Waals surface area contributed by atoms with Gasteiger partial charge in [-0.2, -0.15) is 0 Å². The van der Waals surface area contributed by atoms with Crippen LogP contribution < -0.4 is 9.80 Å². The molecular formula is C43H59Cl2N2PRu. The second-order valence-electron chi connectivity index (χ2n) is 15.3. The van der Waals surface area contributed by atoms with E-state index in [9.17, 15) is 0 Å². The number of benzene rings is 3. The Hall–Kier alpha value is -1.37. The first-order chi connectivity index (χ1) is 23.5. The summed E-state index contributed by atoms with van der Waals surface area (Å²) < 4.78 is 3.18. The Morgan fingerprint density at radius 2 is 0.918 bits per heavy atom. The summed E-state index contributed by atoms with van der Waals surface area (Å²) in [5.41, 5.74) is 14.7. The van der Waals surface area contributed by atoms with Crippen LogP contribution >= 0.6 is 27.3 Å². The first-order valence-corrected chi connectivity index (χ1v) is 26.8. The molecule has 7 rings (SSSR count). The van der Waals surface area contributed by atoms with E-state index in [4.69, 9.17) is 19.4 Å². The van der Waals surface area contributed by atoms with Gasteiger partial charge in [0.25, 0.3) is 0 Å². The Morgan fingerprint density at radius 3 is 1.27 bits per heavy atom. The van der Waals surface area contributed by atoms with E-state index in [0.29, 0.717) is 7.92 Å². The maximum absolute atomic E-state index is 7.40. The van der Waals surface area contributed by atoms with Crippen LogP contribution in [-0.2, 0) is 11.9 Å². The molecule has 0 bridgehead atoms. The van der Waals surface area contributed by atoms with E-state index in [2.05, 4.69) is 92.3 Å². The van der Waals surface area contributed by atoms with Crippen LogP contribution in [0.4, 0.5) is 11.4 Å². The van der Waals surface area contributed by atoms with Crippen molar-refractivity contribution in [1.29, 1.82) is 0 Å². The fourth-order valence-electron chi connectivity index (χ4n) is 9.59. The Labute approximate surface area is 309 Å². The summed E-state index contributed by atoms with van der Waals surface area (Å²) in [6, 6.07) is 19.2. The third-order valence-electron chi connectivity index (χ3n) is 11.3. The number of hydrogen-bond donors (Lipinski definition) is 0. The fourth-order valence-corrected chi connectivity index (χ4v) is 20.3. The normalized spacial score (nSPS) is 19.7. The van der Waals surface area contributed by atoms with Crippen molar-refractivity contribution in [3.63, 3.8) is 0 Å². The zero-order valence-electron chi connectivity index (χ0n) is 30.9. The van der Waals surface area contributed by atoms with E-state index in [1.165, 1.54) is 61.7 Å². The summed E-state index contributed by atoms with van der Waals surface area (Å²) in [6.07, 6.45) is 19.0. The van der Waals surface area contributed by atoms with Crippen molar-refractivity contribution in [2.24, 2.45) is 0 Å². The molecule has 3 saturated carbocycles. The number of rotatable bonds is 6. The number of nitrogens with zero attached hydrogens (tertiary/aromatic N) is 2. The van der Waals surface area contributed by atoms with Crippen LogP contribution in [0.3, 0.4) is 0 Å². The topological polar surface area (TPSA) is 6.48 Å². The van der Waals surface area contributed by atoms with E-state index >= 15 is 0 Å². The number of hydrogen-bond acceptors (Lipinski definition) is 2. The zero-order chi connectivity index (χ0) is 34.7. The molecule has 6 heteroatoms. The molecule has 3 aromatic carbocycles. The van der Waals surface area contributed by atoms with Gasteiger partial charge in [0.15, 0.2) is 0 Å². The average molecular weight is 807 g/mol. The molecule has 0 spiro atoms. The van der Waals surface area contributed by atoms with Crippen LogP contribution in [-0.4, -0.2) is 39.0 Å². The monoisotopic (exact) mass is 806 g/mol. The van der Waals surface area contributed by atoms with Crippen molar-refractivity contribution in [2.75, 3.05) is 22.9 Å². The zero-order valence-corrected chi connectivity index (χ0v) is 35.0. The van der Waals surface area contributed by atoms with Crippen molar-refractivity contribution in [1.82, 2.24) is 0 Å². The molecule has 49 heavy (non-hydrogen) atoms. The summed E-state index contributed by atoms with van der Waals surface area (Å²) >= 11 is -3.44. The molecule has 0 radical (unpaired) electrons. The molecule has 2 nitrogen and oxygen atoms in total. The predicted molar refractivity (Wildman–Crippen MR) is 218 cm³/mol. The van der Waals surface area contributed by atoms with Crippen LogP contribution in [0.1, 0.15) is 116 Å². The van der Waals surface area contributed by atoms with Gasteiger partial charge in [-0.15, -0.1) is 0 Å². The van der Waals surface area contributed by atoms with Gasteiger partial charge in [-0.05, 0) is 55.5 Å². The average Bonchev–Trinajstić information content (AvgIpc) is 3.87. The second kappa shape index (κ2) is 16.5. The fraction of sp³-hybridized carbons (Fsp3) is 0.535. The molecule has 3 aromatic rings. The van der Waals surface area contributed by atoms with Crippen LogP contribution in [0, 0.1) is 41.5 Å². The molecule has 4 aliphatic rings. The number of anilines is 2. The van der Waals surface area contributed by atoms with Gasteiger partial charge < -0.3 is 0 Å². The van der Waals surface area contributed by atoms with Gasteiger partial charge in [0.1, 0.15) is 0 Å². The Morgan fingerprint density at radius 1 is 0.571 bits per heavy atom. The minimum atomic E-state index is -3.44. The van der Waals surface area contributed by atoms with E-state index in [0.717, 1.165) is 23.0 Å². The SMILES string of the molecule is C1CCC(P(C2CCCC2)C2CCCC2)C1.Cc1cc(C)c(N2CCN(c3c(C)cc(C)cc3C)[C]2=[Ru]([Cl])([Cl])=[CH]c2ccccc2)c(C)c1. The van der Waals surface area contributed by atoms with Crippen LogP contribution in [0.5, 0.6) is 0 Å². The number of aryl methyl sites for hydroxylation is 6. The Kier molecular flexibility index (Phi) is 12.6. The summed E-state index contributed by atoms with van der Waals surface area (Å²) in [6.45, 7) is 14.8. The van der Waals surface area contributed by atoms with Crippen molar-refractivity contribution in [3.8, 4) is 0 Å². The molecule has 1 heterocycles. The van der Waals surface area contributed by atoms with Gasteiger partial charge in [-0.25, -0.2) is 0 Å². The molecule has 0 unspecified atom stereocenters. The molecule has 1 aliphatic heterocycles. The first-order valence-electron chi connectivity index (χ1n) is 18.9. The standard InChI is InChI=1S/C21H26N2.C15H27P.C7H6.2ClH.Ru/c1-14-9-16(3)20(17(4)10-14)22-7-8-23(13-22)21-18(5)11-15(2)12-19(21)6;1-2-8-13(7-1)16(14-9-3-4-10-14)15-11-5-6-12-15;1-7-5-3-2-4-6-7;;;/h9-12H,7-8H2,1-6H3;13-15H,1-12H2;1-6H;2*1H;/q;;;;;+2/p-2. The van der Waals surface area contributed by atoms with Crippen LogP contribution in [0.25, 0.3) is 0 Å². The third-order valence-corrected chi connectivity index (χ3v) is 20.9. The third kappa shape index (κ3) is 8.65. The summed E-state index contributed by atoms with van der Waals surface area (Å²) in [4.78, 5) is 4.79. The van der Waals surface area contributed by atoms with Crippen LogP contribution in [0.15, 0.2) is 54.6 Å². The molecule has 3 aliphatic carbocycles. The maximum atomic E-state index is 7.40. The van der Waals surface area contributed by atoms with E-state index in [1.54, 1.807) is 77.0 Å². The van der Waals surface area contributed by atoms with Crippen LogP contribution in [0.2, 0.25) is 0 Å². The molecular weight excluding hydrogens is 747 g/mol. The van der Waals surface area contributed by atoms with Gasteiger partial charge >= 0.3 is 210 Å². The molecule has 1 saturated heterocycles. The molecule has 0 aromatic heterocycles. The summed E-state index contributed by atoms with van der Waals surface area (Å²) in [5, 5.41) is 0. The van der Waals surface area contributed by atoms with Crippen molar-refractivity contribution < 1.29 is 11.9 Å². The molecule has 0 N–H and O–H groups in total. The van der Waals surface area contributed by atoms with E-state index < -0.39 is 11.9 Å². The van der Waals surface area contributed by atoms with E-state index in [-0.39, 0.29) is 0 Å². The molecule has 268 valence electrons. The Balaban J connectivity index is 0.000000216. The quantitative estimate of drug-likeness (QED) is 0.181. The summed E-state index contributed by atoms with van der Waals surface area (Å²) in [5.74, 6) is 0. The van der Waals surface area contributed by atoms with Gasteiger partial charge in [0, 0.05) is 0 Å². The van der Waals surface area contributed by atoms with Gasteiger partial charge in [-0.3, -0.25) is 0 Å². The van der Waals surface area contributed by atoms with Crippen molar-refractivity contribution in [3.05, 3.63) is 93.5 Å². The molecule has 4 fully saturated rings. The van der Waals surface area contributed by atoms with Gasteiger partial charge in [0.2, 0.25) is 0 Å². The van der Waals surface area contributed by atoms with Crippen molar-refractivity contribution >= 4 is 47.6 Å². The predicted octanol–water partition coefficient (Wildman–Crippen LogP) is 12.6. The van der Waals surface area contributed by atoms with Crippen molar-refractivity contribution in [2.45, 2.75) is 136 Å². The molecule has 0 amide bonds. The molecule has 0 atom stereocenters. The Bertz CT molecular complexity index is 1570. The first kappa shape index (κ1) is 37.4. The van der Waals surface area contributed by atoms with Gasteiger partial charge in [0.05, 0.1) is 0 Å². The van der Waals surface area contributed by atoms with E-state index in [1.807, 2.05) is 18.2 Å². The second-order valence-corrected chi connectivity index (χ2v) is 27.6. The van der Waals surface area contributed by atoms with Gasteiger partial charge in [-0.1, -0.05) is 46.4 Å². The summed E-state index contributed by atoms with van der Waals surface area (Å²) in [7, 11) is 15.2. The number of halogens is 2. The minimum absolute atomic E-state index is 0.436.